The van der Waals surface area contributed by atoms with Crippen molar-refractivity contribution in [2.45, 2.75) is 24.8 Å². The molecule has 0 saturated carbocycles. The molecular weight excluding hydrogens is 399 g/mol. The first-order chi connectivity index (χ1) is 14.6. The van der Waals surface area contributed by atoms with Crippen LogP contribution in [-0.2, 0) is 4.79 Å². The number of hydrogen-bond donors (Lipinski definition) is 2. The molecule has 3 aromatic rings. The maximum atomic E-state index is 14.0. The number of fused-ring (bicyclic) bond motifs is 1. The van der Waals surface area contributed by atoms with E-state index in [1.54, 1.807) is 6.07 Å². The molecule has 1 heterocycles. The highest BCUT2D eigenvalue weighted by Gasteiger charge is 2.36. The van der Waals surface area contributed by atoms with Crippen LogP contribution in [0.3, 0.4) is 0 Å². The number of hydrogen-bond acceptors (Lipinski definition) is 3. The first-order valence-corrected chi connectivity index (χ1v) is 10.4. The van der Waals surface area contributed by atoms with Gasteiger partial charge in [0.25, 0.3) is 0 Å². The molecule has 0 aromatic heterocycles. The summed E-state index contributed by atoms with van der Waals surface area (Å²) in [6.45, 7) is 0. The third-order valence-electron chi connectivity index (χ3n) is 5.83. The summed E-state index contributed by atoms with van der Waals surface area (Å²) in [6.07, 6.45) is 1.11. The normalized spacial score (nSPS) is 20.5. The molecule has 2 unspecified atom stereocenters. The predicted octanol–water partition coefficient (Wildman–Crippen LogP) is 6.46. The van der Waals surface area contributed by atoms with Crippen molar-refractivity contribution in [2.24, 2.45) is 0 Å². The fourth-order valence-corrected chi connectivity index (χ4v) is 4.53. The number of rotatable bonds is 2. The first-order valence-electron chi connectivity index (χ1n) is 9.98. The Labute approximate surface area is 179 Å². The highest BCUT2D eigenvalue weighted by molar-refractivity contribution is 6.30. The van der Waals surface area contributed by atoms with Gasteiger partial charge < -0.3 is 10.6 Å². The van der Waals surface area contributed by atoms with Gasteiger partial charge in [0.05, 0.1) is 17.4 Å². The first kappa shape index (κ1) is 18.9. The summed E-state index contributed by atoms with van der Waals surface area (Å²) < 4.78 is 14.0. The molecule has 0 bridgehead atoms. The zero-order valence-electron chi connectivity index (χ0n) is 16.2. The smallest absolute Gasteiger partial charge is 0.163 e. The van der Waals surface area contributed by atoms with Crippen LogP contribution in [0, 0.1) is 5.82 Å². The molecule has 0 fully saturated rings. The Bertz CT molecular complexity index is 1160. The summed E-state index contributed by atoms with van der Waals surface area (Å²) in [5, 5.41) is 7.64. The Balaban J connectivity index is 1.61. The second-order valence-corrected chi connectivity index (χ2v) is 8.21. The fraction of sp³-hybridized carbons (Fsp3) is 0.160. The number of anilines is 2. The second kappa shape index (κ2) is 7.62. The Morgan fingerprint density at radius 1 is 0.867 bits per heavy atom. The van der Waals surface area contributed by atoms with E-state index in [1.165, 1.54) is 12.1 Å². The number of carbonyl (C=O) groups is 1. The van der Waals surface area contributed by atoms with Crippen LogP contribution in [0.15, 0.2) is 84.1 Å². The molecule has 0 saturated heterocycles. The highest BCUT2D eigenvalue weighted by Crippen LogP contribution is 2.44. The van der Waals surface area contributed by atoms with E-state index in [-0.39, 0.29) is 17.5 Å². The van der Waals surface area contributed by atoms with Gasteiger partial charge in [0.2, 0.25) is 0 Å². The molecule has 0 radical (unpaired) electrons. The minimum Gasteiger partial charge on any atom is -0.372 e. The van der Waals surface area contributed by atoms with Crippen LogP contribution in [0.1, 0.15) is 35.9 Å². The van der Waals surface area contributed by atoms with Gasteiger partial charge in [-0.15, -0.1) is 0 Å². The minimum atomic E-state index is -0.412. The summed E-state index contributed by atoms with van der Waals surface area (Å²) in [7, 11) is 0. The lowest BCUT2D eigenvalue weighted by Gasteiger charge is -2.30. The van der Waals surface area contributed by atoms with Crippen LogP contribution >= 0.6 is 11.6 Å². The summed E-state index contributed by atoms with van der Waals surface area (Å²) in [5.41, 5.74) is 5.19. The molecule has 2 atom stereocenters. The van der Waals surface area contributed by atoms with E-state index in [1.807, 2.05) is 54.6 Å². The number of halogens is 2. The van der Waals surface area contributed by atoms with Gasteiger partial charge in [0, 0.05) is 22.7 Å². The maximum absolute atomic E-state index is 14.0. The zero-order valence-corrected chi connectivity index (χ0v) is 16.9. The largest absolute Gasteiger partial charge is 0.372 e. The second-order valence-electron chi connectivity index (χ2n) is 7.78. The van der Waals surface area contributed by atoms with E-state index in [0.29, 0.717) is 23.4 Å². The summed E-state index contributed by atoms with van der Waals surface area (Å²) >= 11 is 6.04. The molecular formula is C25H20ClFN2O. The molecule has 150 valence electrons. The van der Waals surface area contributed by atoms with E-state index >= 15 is 0 Å². The van der Waals surface area contributed by atoms with Gasteiger partial charge in [0.1, 0.15) is 5.82 Å². The number of benzene rings is 3. The molecule has 30 heavy (non-hydrogen) atoms. The van der Waals surface area contributed by atoms with Crippen molar-refractivity contribution in [2.75, 3.05) is 10.6 Å². The minimum absolute atomic E-state index is 0.0678. The lowest BCUT2D eigenvalue weighted by atomic mass is 9.78. The maximum Gasteiger partial charge on any atom is 0.163 e. The Kier molecular flexibility index (Phi) is 4.80. The number of carbonyl (C=O) groups excluding carboxylic acids is 1. The molecule has 3 aromatic carbocycles. The van der Waals surface area contributed by atoms with Crippen molar-refractivity contribution in [3.8, 4) is 0 Å². The van der Waals surface area contributed by atoms with E-state index < -0.39 is 6.04 Å². The van der Waals surface area contributed by atoms with Gasteiger partial charge in [-0.25, -0.2) is 4.39 Å². The van der Waals surface area contributed by atoms with Gasteiger partial charge >= 0.3 is 0 Å². The summed E-state index contributed by atoms with van der Waals surface area (Å²) in [5.74, 6) is -0.179. The summed E-state index contributed by atoms with van der Waals surface area (Å²) in [6, 6.07) is 21.6. The van der Waals surface area contributed by atoms with E-state index in [0.717, 1.165) is 28.2 Å². The van der Waals surface area contributed by atoms with Crippen molar-refractivity contribution in [1.29, 1.82) is 0 Å². The molecule has 0 spiro atoms. The van der Waals surface area contributed by atoms with Crippen molar-refractivity contribution < 1.29 is 9.18 Å². The highest BCUT2D eigenvalue weighted by atomic mass is 35.5. The average Bonchev–Trinajstić information content (AvgIpc) is 2.91. The Hall–Kier alpha value is -3.11. The molecule has 5 heteroatoms. The predicted molar refractivity (Wildman–Crippen MR) is 118 cm³/mol. The lowest BCUT2D eigenvalue weighted by molar-refractivity contribution is -0.116. The molecule has 1 aliphatic carbocycles. The number of nitrogens with one attached hydrogen (secondary N) is 2. The Morgan fingerprint density at radius 2 is 1.63 bits per heavy atom. The quantitative estimate of drug-likeness (QED) is 0.501. The number of para-hydroxylation sites is 2. The Morgan fingerprint density at radius 3 is 2.40 bits per heavy atom. The molecule has 0 amide bonds. The van der Waals surface area contributed by atoms with Gasteiger partial charge in [-0.3, -0.25) is 4.79 Å². The molecule has 2 aliphatic rings. The van der Waals surface area contributed by atoms with Crippen molar-refractivity contribution in [1.82, 2.24) is 0 Å². The van der Waals surface area contributed by atoms with Crippen LogP contribution in [0.5, 0.6) is 0 Å². The molecule has 3 nitrogen and oxygen atoms in total. The summed E-state index contributed by atoms with van der Waals surface area (Å²) in [4.78, 5) is 13.4. The topological polar surface area (TPSA) is 41.1 Å². The van der Waals surface area contributed by atoms with Gasteiger partial charge in [-0.1, -0.05) is 48.0 Å². The van der Waals surface area contributed by atoms with Gasteiger partial charge in [0.15, 0.2) is 5.78 Å². The lowest BCUT2D eigenvalue weighted by Crippen LogP contribution is -2.26. The number of ketones is 1. The van der Waals surface area contributed by atoms with Gasteiger partial charge in [-0.05, 0) is 59.9 Å². The van der Waals surface area contributed by atoms with Crippen LogP contribution in [0.2, 0.25) is 5.02 Å². The van der Waals surface area contributed by atoms with Crippen molar-refractivity contribution >= 4 is 28.8 Å². The molecule has 5 rings (SSSR count). The van der Waals surface area contributed by atoms with E-state index in [2.05, 4.69) is 10.6 Å². The third-order valence-corrected chi connectivity index (χ3v) is 6.08. The monoisotopic (exact) mass is 418 g/mol. The molecule has 2 N–H and O–H groups in total. The third kappa shape index (κ3) is 3.48. The van der Waals surface area contributed by atoms with E-state index in [9.17, 15) is 9.18 Å². The van der Waals surface area contributed by atoms with Crippen LogP contribution < -0.4 is 10.6 Å². The van der Waals surface area contributed by atoms with Crippen molar-refractivity contribution in [3.05, 3.63) is 106 Å². The van der Waals surface area contributed by atoms with Crippen molar-refractivity contribution in [3.63, 3.8) is 0 Å². The SMILES string of the molecule is O=C1CC(c2ccc(Cl)cc2)CC2=C1C(c1cccc(F)c1)Nc1ccccc1N2. The fourth-order valence-electron chi connectivity index (χ4n) is 4.40. The van der Waals surface area contributed by atoms with E-state index in [4.69, 9.17) is 11.6 Å². The van der Waals surface area contributed by atoms with Crippen LogP contribution in [0.25, 0.3) is 0 Å². The standard InChI is InChI=1S/C25H20ClFN2O/c26-18-10-8-15(9-11-18)17-13-22-24(23(30)14-17)25(16-4-3-5-19(27)12-16)29-21-7-2-1-6-20(21)28-22/h1-12,17,25,28-29H,13-14H2. The number of allylic oxidation sites excluding steroid dienone is 1. The van der Waals surface area contributed by atoms with Crippen LogP contribution in [0.4, 0.5) is 15.8 Å². The van der Waals surface area contributed by atoms with Crippen LogP contribution in [-0.4, -0.2) is 5.78 Å². The number of Topliss-reactive ketones (excluding diaryl/α,β-unsaturated/α-hetero) is 1. The zero-order chi connectivity index (χ0) is 20.7. The van der Waals surface area contributed by atoms with Gasteiger partial charge in [-0.2, -0.15) is 0 Å². The average molecular weight is 419 g/mol. The molecule has 1 aliphatic heterocycles.